The first-order chi connectivity index (χ1) is 10.3. The second-order valence-electron chi connectivity index (χ2n) is 5.76. The average molecular weight is 348 g/mol. The van der Waals surface area contributed by atoms with Gasteiger partial charge in [-0.3, -0.25) is 0 Å². The number of hydrogen-bond acceptors (Lipinski definition) is 6. The smallest absolute Gasteiger partial charge is 0.223 e. The van der Waals surface area contributed by atoms with Gasteiger partial charge in [-0.05, 0) is 13.3 Å². The molecule has 0 radical (unpaired) electrons. The first-order valence-corrected chi connectivity index (χ1v) is 9.78. The molecule has 0 amide bonds. The van der Waals surface area contributed by atoms with Crippen molar-refractivity contribution in [2.75, 3.05) is 19.1 Å². The Bertz CT molecular complexity index is 763. The van der Waals surface area contributed by atoms with Crippen molar-refractivity contribution in [2.45, 2.75) is 31.1 Å². The van der Waals surface area contributed by atoms with E-state index in [1.165, 1.54) is 6.33 Å². The van der Waals surface area contributed by atoms with Gasteiger partial charge in [-0.25, -0.2) is 9.37 Å². The summed E-state index contributed by atoms with van der Waals surface area (Å²) in [6.07, 6.45) is -0.263. The fourth-order valence-electron chi connectivity index (χ4n) is 2.50. The second kappa shape index (κ2) is 5.44. The van der Waals surface area contributed by atoms with Crippen LogP contribution >= 0.6 is 18.7 Å². The van der Waals surface area contributed by atoms with Crippen LogP contribution in [0.25, 0.3) is 11.2 Å². The van der Waals surface area contributed by atoms with Gasteiger partial charge in [0.1, 0.15) is 30.8 Å². The van der Waals surface area contributed by atoms with E-state index < -0.39 is 25.3 Å². The SMILES string of the molecule is CP(C)(=O)[C@H]1C[C@H](F)[C@@H](Cn2cnc3c(Cl)nc(N)nc32)O1. The summed E-state index contributed by atoms with van der Waals surface area (Å²) in [6.45, 7) is 3.40. The predicted molar refractivity (Wildman–Crippen MR) is 82.4 cm³/mol. The average Bonchev–Trinajstić information content (AvgIpc) is 2.95. The Kier molecular flexibility index (Phi) is 3.87. The number of ether oxygens (including phenoxy) is 1. The molecule has 3 atom stereocenters. The summed E-state index contributed by atoms with van der Waals surface area (Å²) in [5.74, 6) is -0.529. The van der Waals surface area contributed by atoms with Gasteiger partial charge >= 0.3 is 0 Å². The molecule has 0 bridgehead atoms. The van der Waals surface area contributed by atoms with E-state index in [4.69, 9.17) is 22.1 Å². The highest BCUT2D eigenvalue weighted by atomic mass is 35.5. The number of anilines is 1. The van der Waals surface area contributed by atoms with E-state index in [1.807, 2.05) is 0 Å². The molecule has 7 nitrogen and oxygen atoms in total. The molecule has 2 aromatic rings. The van der Waals surface area contributed by atoms with E-state index in [9.17, 15) is 8.96 Å². The van der Waals surface area contributed by atoms with Crippen molar-refractivity contribution in [2.24, 2.45) is 0 Å². The molecule has 0 spiro atoms. The number of aromatic nitrogens is 4. The first kappa shape index (κ1) is 15.6. The van der Waals surface area contributed by atoms with E-state index >= 15 is 0 Å². The van der Waals surface area contributed by atoms with Crippen LogP contribution in [0.15, 0.2) is 6.33 Å². The maximum absolute atomic E-state index is 14.2. The molecule has 2 aromatic heterocycles. The quantitative estimate of drug-likeness (QED) is 0.675. The fraction of sp³-hybridized carbons (Fsp3) is 0.583. The Labute approximate surface area is 131 Å². The van der Waals surface area contributed by atoms with Gasteiger partial charge in [-0.1, -0.05) is 11.6 Å². The van der Waals surface area contributed by atoms with E-state index in [1.54, 1.807) is 17.9 Å². The lowest BCUT2D eigenvalue weighted by molar-refractivity contribution is 0.0488. The summed E-state index contributed by atoms with van der Waals surface area (Å²) < 4.78 is 33.4. The number of imidazole rings is 1. The predicted octanol–water partition coefficient (Wildman–Crippen LogP) is 2.14. The zero-order valence-corrected chi connectivity index (χ0v) is 13.8. The lowest BCUT2D eigenvalue weighted by atomic mass is 10.2. The van der Waals surface area contributed by atoms with Crippen molar-refractivity contribution in [1.82, 2.24) is 19.5 Å². The summed E-state index contributed by atoms with van der Waals surface area (Å²) in [5, 5.41) is 0.148. The maximum atomic E-state index is 14.2. The number of rotatable bonds is 3. The molecular weight excluding hydrogens is 332 g/mol. The molecule has 2 N–H and O–H groups in total. The Morgan fingerprint density at radius 2 is 2.27 bits per heavy atom. The topological polar surface area (TPSA) is 95.9 Å². The molecule has 0 unspecified atom stereocenters. The van der Waals surface area contributed by atoms with Crippen LogP contribution in [0.3, 0.4) is 0 Å². The molecule has 1 fully saturated rings. The summed E-state index contributed by atoms with van der Waals surface area (Å²) in [6, 6.07) is 0. The van der Waals surface area contributed by atoms with Gasteiger partial charge < -0.3 is 19.6 Å². The van der Waals surface area contributed by atoms with E-state index in [0.717, 1.165) is 0 Å². The van der Waals surface area contributed by atoms with Crippen molar-refractivity contribution in [3.8, 4) is 0 Å². The summed E-state index contributed by atoms with van der Waals surface area (Å²) >= 11 is 5.95. The number of halogens is 2. The Morgan fingerprint density at radius 3 is 2.91 bits per heavy atom. The zero-order valence-electron chi connectivity index (χ0n) is 12.1. The van der Waals surface area contributed by atoms with Crippen LogP contribution < -0.4 is 5.73 Å². The van der Waals surface area contributed by atoms with E-state index in [-0.39, 0.29) is 24.1 Å². The van der Waals surface area contributed by atoms with Crippen molar-refractivity contribution in [1.29, 1.82) is 0 Å². The highest BCUT2D eigenvalue weighted by Gasteiger charge is 2.41. The lowest BCUT2D eigenvalue weighted by Gasteiger charge is -2.17. The lowest BCUT2D eigenvalue weighted by Crippen LogP contribution is -2.23. The minimum atomic E-state index is -2.50. The number of fused-ring (bicyclic) bond motifs is 1. The number of hydrogen-bond donors (Lipinski definition) is 1. The van der Waals surface area contributed by atoms with Gasteiger partial charge in [0, 0.05) is 6.42 Å². The molecule has 1 aliphatic rings. The van der Waals surface area contributed by atoms with Gasteiger partial charge in [-0.15, -0.1) is 0 Å². The highest BCUT2D eigenvalue weighted by Crippen LogP contribution is 2.49. The van der Waals surface area contributed by atoms with Gasteiger partial charge in [0.2, 0.25) is 5.95 Å². The summed E-state index contributed by atoms with van der Waals surface area (Å²) in [4.78, 5) is 12.0. The van der Waals surface area contributed by atoms with Gasteiger partial charge in [0.25, 0.3) is 0 Å². The fourth-order valence-corrected chi connectivity index (χ4v) is 3.88. The first-order valence-electron chi connectivity index (χ1n) is 6.73. The maximum Gasteiger partial charge on any atom is 0.223 e. The van der Waals surface area contributed by atoms with Crippen LogP contribution in [-0.2, 0) is 15.8 Å². The largest absolute Gasteiger partial charge is 0.368 e. The van der Waals surface area contributed by atoms with E-state index in [2.05, 4.69) is 15.0 Å². The van der Waals surface area contributed by atoms with Gasteiger partial charge in [0.05, 0.1) is 12.9 Å². The van der Waals surface area contributed by atoms with Crippen molar-refractivity contribution in [3.63, 3.8) is 0 Å². The molecular formula is C12H16ClFN5O2P. The zero-order chi connectivity index (χ0) is 16.1. The Morgan fingerprint density at radius 1 is 1.55 bits per heavy atom. The molecule has 22 heavy (non-hydrogen) atoms. The van der Waals surface area contributed by atoms with Crippen molar-refractivity contribution in [3.05, 3.63) is 11.5 Å². The summed E-state index contributed by atoms with van der Waals surface area (Å²) in [7, 11) is -2.50. The minimum absolute atomic E-state index is 0.0212. The molecule has 120 valence electrons. The third-order valence-corrected chi connectivity index (χ3v) is 5.65. The molecule has 1 aliphatic heterocycles. The van der Waals surface area contributed by atoms with Gasteiger partial charge in [0.15, 0.2) is 10.8 Å². The number of nitrogens with zero attached hydrogens (tertiary/aromatic N) is 4. The van der Waals surface area contributed by atoms with Crippen molar-refractivity contribution < 1.29 is 13.7 Å². The molecule has 3 rings (SSSR count). The molecule has 0 aliphatic carbocycles. The van der Waals surface area contributed by atoms with Crippen LogP contribution in [0.4, 0.5) is 10.3 Å². The summed E-state index contributed by atoms with van der Waals surface area (Å²) in [5.41, 5.74) is 6.40. The van der Waals surface area contributed by atoms with Crippen LogP contribution in [0.5, 0.6) is 0 Å². The normalized spacial score (nSPS) is 25.9. The van der Waals surface area contributed by atoms with Crippen LogP contribution in [0.1, 0.15) is 6.42 Å². The number of alkyl halides is 1. The van der Waals surface area contributed by atoms with Crippen LogP contribution in [0, 0.1) is 0 Å². The van der Waals surface area contributed by atoms with Gasteiger partial charge in [-0.2, -0.15) is 9.97 Å². The van der Waals surface area contributed by atoms with Crippen LogP contribution in [-0.4, -0.2) is 51.0 Å². The minimum Gasteiger partial charge on any atom is -0.368 e. The molecule has 10 heteroatoms. The Balaban J connectivity index is 1.86. The number of nitrogen functional groups attached to an aromatic ring is 1. The van der Waals surface area contributed by atoms with Crippen LogP contribution in [0.2, 0.25) is 5.15 Å². The second-order valence-corrected chi connectivity index (χ2v) is 9.56. The van der Waals surface area contributed by atoms with E-state index in [0.29, 0.717) is 11.2 Å². The molecule has 1 saturated heterocycles. The third kappa shape index (κ3) is 2.83. The monoisotopic (exact) mass is 347 g/mol. The molecule has 3 heterocycles. The van der Waals surface area contributed by atoms with Crippen molar-refractivity contribution >= 4 is 35.9 Å². The third-order valence-electron chi connectivity index (χ3n) is 3.67. The molecule has 0 saturated carbocycles. The standard InChI is InChI=1S/C12H16ClFN5O2P/c1-22(2,20)8-3-6(14)7(21-8)4-19-5-16-9-10(13)17-12(15)18-11(9)19/h5-8H,3-4H2,1-2H3,(H2,15,17,18)/t6-,7+,8-/m0/s1. The number of nitrogens with two attached hydrogens (primary N) is 1. The highest BCUT2D eigenvalue weighted by molar-refractivity contribution is 7.62. The Hall–Kier alpha value is -1.24. The molecule has 0 aromatic carbocycles.